The maximum Gasteiger partial charge on any atom is 0.317 e. The van der Waals surface area contributed by atoms with Gasteiger partial charge < -0.3 is 29.9 Å². The number of halogens is 1. The second-order valence-electron chi connectivity index (χ2n) is 10.6. The molecule has 0 aliphatic carbocycles. The van der Waals surface area contributed by atoms with Crippen molar-refractivity contribution in [2.24, 2.45) is 0 Å². The number of anilines is 6. The molecule has 1 atom stereocenters. The predicted molar refractivity (Wildman–Crippen MR) is 172 cm³/mol. The molecule has 1 aromatic heterocycles. The molecule has 0 saturated carbocycles. The van der Waals surface area contributed by atoms with E-state index < -0.39 is 17.3 Å². The molecule has 0 spiro atoms. The van der Waals surface area contributed by atoms with Crippen LogP contribution in [0, 0.1) is 0 Å². The minimum absolute atomic E-state index is 0.122. The quantitative estimate of drug-likeness (QED) is 0.228. The summed E-state index contributed by atoms with van der Waals surface area (Å²) < 4.78 is 20.4. The van der Waals surface area contributed by atoms with Crippen LogP contribution in [-0.4, -0.2) is 101 Å². The summed E-state index contributed by atoms with van der Waals surface area (Å²) in [6.45, 7) is 5.44. The molecule has 0 bridgehead atoms. The Labute approximate surface area is 259 Å². The van der Waals surface area contributed by atoms with Gasteiger partial charge in [0.1, 0.15) is 22.7 Å². The van der Waals surface area contributed by atoms with Crippen molar-refractivity contribution in [3.8, 4) is 5.75 Å². The Balaban J connectivity index is 1.21. The zero-order valence-corrected chi connectivity index (χ0v) is 25.8. The number of rotatable bonds is 11. The van der Waals surface area contributed by atoms with Gasteiger partial charge in [0, 0.05) is 57.1 Å². The molecule has 43 heavy (non-hydrogen) atoms. The fraction of sp³-hybridized carbons (Fsp3) is 0.414. The van der Waals surface area contributed by atoms with E-state index in [0.717, 1.165) is 63.5 Å². The van der Waals surface area contributed by atoms with Crippen LogP contribution in [0.1, 0.15) is 12.8 Å². The number of methoxy groups -OCH3 is 1. The number of nitrogens with one attached hydrogen (secondary N) is 3. The third kappa shape index (κ3) is 8.12. The number of carboxylic acid groups (broad SMARTS) is 1. The van der Waals surface area contributed by atoms with E-state index in [9.17, 15) is 9.35 Å². The largest absolute Gasteiger partial charge is 0.593 e. The average molecular weight is 629 g/mol. The molecule has 0 amide bonds. The third-order valence-corrected chi connectivity index (χ3v) is 8.51. The Morgan fingerprint density at radius 3 is 2.47 bits per heavy atom. The van der Waals surface area contributed by atoms with Crippen LogP contribution in [0.5, 0.6) is 5.75 Å². The third-order valence-electron chi connectivity index (χ3n) is 7.72. The second kappa shape index (κ2) is 14.3. The predicted octanol–water partition coefficient (Wildman–Crippen LogP) is 4.00. The van der Waals surface area contributed by atoms with E-state index in [1.807, 2.05) is 41.3 Å². The van der Waals surface area contributed by atoms with Gasteiger partial charge in [0.2, 0.25) is 5.95 Å². The number of ether oxygens (including phenoxy) is 1. The van der Waals surface area contributed by atoms with Crippen LogP contribution in [-0.2, 0) is 16.2 Å². The minimum atomic E-state index is -1.24. The number of piperidine rings is 1. The number of hydrogen-bond acceptors (Lipinski definition) is 11. The molecule has 5 rings (SSSR count). The fourth-order valence-electron chi connectivity index (χ4n) is 5.55. The number of hydrogen-bond donors (Lipinski definition) is 4. The zero-order valence-electron chi connectivity index (χ0n) is 24.3. The lowest BCUT2D eigenvalue weighted by atomic mass is 10.0. The maximum atomic E-state index is 11.7. The van der Waals surface area contributed by atoms with Gasteiger partial charge in [-0.15, -0.1) is 0 Å². The minimum Gasteiger partial charge on any atom is -0.593 e. The van der Waals surface area contributed by atoms with Crippen LogP contribution in [0.25, 0.3) is 0 Å². The standard InChI is InChI=1S/C29H37ClN8O4S/c1-42-26-17-21(37-11-9-20(10-12-37)38-15-13-36(14-16-38)19-27(39)40)7-8-25(26)33-29-31-18-22(30)28(34-29)32-23-5-3-4-6-24(23)35-43(2)41/h3-8,17-18,20,35H,9-16,19H2,1-2H3,(H,39,40)(H2,31,32,33,34). The van der Waals surface area contributed by atoms with Crippen molar-refractivity contribution >= 4 is 63.4 Å². The number of nitrogens with zero attached hydrogens (tertiary/aromatic N) is 5. The number of para-hydroxylation sites is 2. The first-order valence-electron chi connectivity index (χ1n) is 14.2. The first-order valence-corrected chi connectivity index (χ1v) is 16.1. The Morgan fingerprint density at radius 2 is 1.79 bits per heavy atom. The van der Waals surface area contributed by atoms with Gasteiger partial charge in [0.05, 0.1) is 42.6 Å². The molecular weight excluding hydrogens is 592 g/mol. The van der Waals surface area contributed by atoms with Gasteiger partial charge in [0.25, 0.3) is 0 Å². The van der Waals surface area contributed by atoms with E-state index in [0.29, 0.717) is 40.0 Å². The number of carboxylic acids is 1. The summed E-state index contributed by atoms with van der Waals surface area (Å²) in [5.41, 5.74) is 3.14. The van der Waals surface area contributed by atoms with Gasteiger partial charge in [-0.05, 0) is 37.1 Å². The van der Waals surface area contributed by atoms with Crippen molar-refractivity contribution in [3.63, 3.8) is 0 Å². The van der Waals surface area contributed by atoms with Gasteiger partial charge in [-0.25, -0.2) is 9.71 Å². The van der Waals surface area contributed by atoms with Crippen molar-refractivity contribution in [1.82, 2.24) is 19.8 Å². The summed E-state index contributed by atoms with van der Waals surface area (Å²) in [6, 6.07) is 13.9. The average Bonchev–Trinajstić information content (AvgIpc) is 3.00. The number of benzene rings is 2. The van der Waals surface area contributed by atoms with E-state index in [2.05, 4.69) is 41.2 Å². The smallest absolute Gasteiger partial charge is 0.317 e. The van der Waals surface area contributed by atoms with Crippen LogP contribution in [0.15, 0.2) is 48.7 Å². The highest BCUT2D eigenvalue weighted by molar-refractivity contribution is 7.92. The summed E-state index contributed by atoms with van der Waals surface area (Å²) in [7, 11) is 1.64. The van der Waals surface area contributed by atoms with E-state index >= 15 is 0 Å². The van der Waals surface area contributed by atoms with Crippen LogP contribution in [0.4, 0.5) is 34.5 Å². The second-order valence-corrected chi connectivity index (χ2v) is 12.1. The molecule has 3 heterocycles. The summed E-state index contributed by atoms with van der Waals surface area (Å²) in [6.07, 6.45) is 5.20. The van der Waals surface area contributed by atoms with Crippen LogP contribution >= 0.6 is 11.6 Å². The molecule has 14 heteroatoms. The van der Waals surface area contributed by atoms with Gasteiger partial charge in [-0.2, -0.15) is 4.98 Å². The lowest BCUT2D eigenvalue weighted by Gasteiger charge is -2.43. The van der Waals surface area contributed by atoms with Crippen molar-refractivity contribution in [2.75, 3.05) is 79.4 Å². The molecular formula is C29H37ClN8O4S. The Hall–Kier alpha value is -3.49. The SMILES string of the molecule is COc1cc(N2CCC(N3CCN(CC(=O)O)CC3)CC2)ccc1Nc1ncc(Cl)c(Nc2ccccc2N[S+](C)[O-])n1. The Morgan fingerprint density at radius 1 is 1.07 bits per heavy atom. The topological polar surface area (TPSA) is 141 Å². The van der Waals surface area contributed by atoms with E-state index in [4.69, 9.17) is 21.4 Å². The lowest BCUT2D eigenvalue weighted by molar-refractivity contribution is -0.138. The Kier molecular flexibility index (Phi) is 10.3. The van der Waals surface area contributed by atoms with Gasteiger partial charge >= 0.3 is 5.97 Å². The molecule has 2 aromatic carbocycles. The molecule has 1 unspecified atom stereocenters. The van der Waals surface area contributed by atoms with Crippen molar-refractivity contribution in [1.29, 1.82) is 0 Å². The maximum absolute atomic E-state index is 11.7. The molecule has 4 N–H and O–H groups in total. The molecule has 2 fully saturated rings. The normalized spacial score (nSPS) is 17.3. The first kappa shape index (κ1) is 31.0. The first-order chi connectivity index (χ1) is 20.8. The number of piperazine rings is 1. The van der Waals surface area contributed by atoms with E-state index in [1.165, 1.54) is 6.20 Å². The summed E-state index contributed by atoms with van der Waals surface area (Å²) in [4.78, 5) is 26.8. The van der Waals surface area contributed by atoms with E-state index in [-0.39, 0.29) is 6.54 Å². The van der Waals surface area contributed by atoms with Crippen LogP contribution < -0.4 is 25.0 Å². The van der Waals surface area contributed by atoms with Gasteiger partial charge in [-0.1, -0.05) is 23.7 Å². The molecule has 0 radical (unpaired) electrons. The highest BCUT2D eigenvalue weighted by Gasteiger charge is 2.28. The number of aromatic nitrogens is 2. The molecule has 230 valence electrons. The van der Waals surface area contributed by atoms with E-state index in [1.54, 1.807) is 13.4 Å². The summed E-state index contributed by atoms with van der Waals surface area (Å²) >= 11 is 5.16. The lowest BCUT2D eigenvalue weighted by Crippen LogP contribution is -2.53. The van der Waals surface area contributed by atoms with Crippen molar-refractivity contribution < 1.29 is 19.2 Å². The van der Waals surface area contributed by atoms with Crippen LogP contribution in [0.2, 0.25) is 5.02 Å². The highest BCUT2D eigenvalue weighted by Crippen LogP contribution is 2.34. The molecule has 12 nitrogen and oxygen atoms in total. The molecule has 2 aliphatic heterocycles. The van der Waals surface area contributed by atoms with Crippen molar-refractivity contribution in [2.45, 2.75) is 18.9 Å². The van der Waals surface area contributed by atoms with Crippen LogP contribution in [0.3, 0.4) is 0 Å². The molecule has 2 aliphatic rings. The van der Waals surface area contributed by atoms with Gasteiger partial charge in [-0.3, -0.25) is 14.6 Å². The monoisotopic (exact) mass is 628 g/mol. The Bertz CT molecular complexity index is 1400. The summed E-state index contributed by atoms with van der Waals surface area (Å²) in [5.74, 6) is 0.647. The summed E-state index contributed by atoms with van der Waals surface area (Å²) in [5, 5.41) is 15.8. The highest BCUT2D eigenvalue weighted by atomic mass is 35.5. The molecule has 3 aromatic rings. The molecule has 2 saturated heterocycles. The zero-order chi connectivity index (χ0) is 30.3. The fourth-order valence-corrected chi connectivity index (χ4v) is 6.17. The number of aliphatic carboxylic acids is 1. The number of carbonyl (C=O) groups is 1. The van der Waals surface area contributed by atoms with Crippen molar-refractivity contribution in [3.05, 3.63) is 53.7 Å². The van der Waals surface area contributed by atoms with Gasteiger partial charge in [0.15, 0.2) is 5.82 Å².